The summed E-state index contributed by atoms with van der Waals surface area (Å²) >= 11 is 0. The molecule has 0 aromatic heterocycles. The molecule has 49 heavy (non-hydrogen) atoms. The molecule has 2 N–H and O–H groups in total. The molecule has 0 atom stereocenters. The highest BCUT2D eigenvalue weighted by molar-refractivity contribution is 6.25. The minimum atomic E-state index is 0.390. The van der Waals surface area contributed by atoms with Crippen molar-refractivity contribution >= 4 is 50.2 Å². The summed E-state index contributed by atoms with van der Waals surface area (Å²) in [4.78, 5) is 8.95. The average Bonchev–Trinajstić information content (AvgIpc) is 3.18. The number of nitrogens with zero attached hydrogens (tertiary/aromatic N) is 2. The molecule has 0 fully saturated rings. The van der Waals surface area contributed by atoms with E-state index in [1.54, 1.807) is 0 Å². The van der Waals surface area contributed by atoms with Crippen molar-refractivity contribution in [3.8, 4) is 33.4 Å². The Labute approximate surface area is 286 Å². The van der Waals surface area contributed by atoms with Crippen LogP contribution in [0.5, 0.6) is 0 Å². The highest BCUT2D eigenvalue weighted by Gasteiger charge is 2.11. The van der Waals surface area contributed by atoms with Crippen molar-refractivity contribution in [3.63, 3.8) is 0 Å². The first kappa shape index (κ1) is 29.8. The van der Waals surface area contributed by atoms with Gasteiger partial charge in [0.05, 0.1) is 5.70 Å². The van der Waals surface area contributed by atoms with Crippen LogP contribution in [-0.2, 0) is 0 Å². The first-order chi connectivity index (χ1) is 24.1. The third-order valence-corrected chi connectivity index (χ3v) is 9.15. The van der Waals surface area contributed by atoms with Crippen LogP contribution in [0, 0.1) is 0 Å². The van der Waals surface area contributed by atoms with Crippen molar-refractivity contribution in [1.82, 2.24) is 0 Å². The van der Waals surface area contributed by atoms with Crippen LogP contribution in [0.4, 0.5) is 0 Å². The molecule has 0 spiro atoms. The predicted octanol–water partition coefficient (Wildman–Crippen LogP) is 11.6. The molecule has 0 saturated carbocycles. The molecule has 0 aliphatic carbocycles. The molecule has 8 aromatic rings. The summed E-state index contributed by atoms with van der Waals surface area (Å²) in [5.41, 5.74) is 15.6. The molecule has 0 heterocycles. The highest BCUT2D eigenvalue weighted by atomic mass is 14.9. The molecule has 8 aromatic carbocycles. The number of hydrogen-bond donors (Lipinski definition) is 1. The monoisotopic (exact) mass is 627 g/mol. The van der Waals surface area contributed by atoms with Gasteiger partial charge in [-0.25, -0.2) is 9.98 Å². The predicted molar refractivity (Wildman–Crippen MR) is 210 cm³/mol. The van der Waals surface area contributed by atoms with Crippen molar-refractivity contribution < 1.29 is 0 Å². The van der Waals surface area contributed by atoms with E-state index >= 15 is 0 Å². The van der Waals surface area contributed by atoms with Crippen LogP contribution in [0.2, 0.25) is 0 Å². The number of benzene rings is 8. The van der Waals surface area contributed by atoms with E-state index in [1.165, 1.54) is 44.2 Å². The lowest BCUT2D eigenvalue weighted by atomic mass is 9.91. The summed E-state index contributed by atoms with van der Waals surface area (Å²) < 4.78 is 0. The van der Waals surface area contributed by atoms with Crippen LogP contribution in [0.15, 0.2) is 186 Å². The number of hydrogen-bond acceptors (Lipinski definition) is 1. The van der Waals surface area contributed by atoms with Crippen molar-refractivity contribution in [2.45, 2.75) is 0 Å². The largest absolute Gasteiger partial charge is 0.383 e. The first-order valence-corrected chi connectivity index (χ1v) is 16.4. The molecular weight excluding hydrogens is 595 g/mol. The fraction of sp³-hybridized carbons (Fsp3) is 0. The van der Waals surface area contributed by atoms with Gasteiger partial charge in [-0.3, -0.25) is 0 Å². The second-order valence-corrected chi connectivity index (χ2v) is 12.2. The van der Waals surface area contributed by atoms with Crippen LogP contribution in [-0.4, -0.2) is 12.2 Å². The van der Waals surface area contributed by atoms with Crippen molar-refractivity contribution in [1.29, 1.82) is 0 Å². The van der Waals surface area contributed by atoms with Crippen LogP contribution in [0.3, 0.4) is 0 Å². The van der Waals surface area contributed by atoms with Gasteiger partial charge in [-0.2, -0.15) is 0 Å². The second-order valence-electron chi connectivity index (χ2n) is 12.2. The van der Waals surface area contributed by atoms with E-state index in [-0.39, 0.29) is 0 Å². The first-order valence-electron chi connectivity index (χ1n) is 16.4. The lowest BCUT2D eigenvalue weighted by molar-refractivity contribution is 1.48. The van der Waals surface area contributed by atoms with Crippen molar-refractivity contribution in [2.24, 2.45) is 15.7 Å². The number of amidine groups is 1. The smallest absolute Gasteiger partial charge is 0.132 e. The molecule has 0 saturated heterocycles. The number of aliphatic imine (C=N–C) groups is 2. The molecule has 0 unspecified atom stereocenters. The summed E-state index contributed by atoms with van der Waals surface area (Å²) in [6, 6.07) is 59.5. The lowest BCUT2D eigenvalue weighted by Gasteiger charge is -2.13. The van der Waals surface area contributed by atoms with Crippen molar-refractivity contribution in [3.05, 3.63) is 188 Å². The fourth-order valence-corrected chi connectivity index (χ4v) is 6.64. The Bertz CT molecular complexity index is 2540. The SMILES string of the molecule is C=C(/N=C\N=C(/N)c1cccc(-c2cccc(-c3ccc4c5ccccc5c5ccccc5c4c3)c2)c1)c1cccc(-c2ccccc2)c1. The maximum absolute atomic E-state index is 6.45. The van der Waals surface area contributed by atoms with E-state index in [4.69, 9.17) is 5.73 Å². The van der Waals surface area contributed by atoms with Crippen molar-refractivity contribution in [2.75, 3.05) is 0 Å². The van der Waals surface area contributed by atoms with Gasteiger partial charge in [0, 0.05) is 11.1 Å². The van der Waals surface area contributed by atoms with Crippen LogP contribution < -0.4 is 5.73 Å². The molecule has 0 bridgehead atoms. The minimum Gasteiger partial charge on any atom is -0.383 e. The minimum absolute atomic E-state index is 0.390. The Balaban J connectivity index is 1.06. The van der Waals surface area contributed by atoms with Gasteiger partial charge in [-0.1, -0.05) is 152 Å². The summed E-state index contributed by atoms with van der Waals surface area (Å²) in [5, 5.41) is 7.64. The van der Waals surface area contributed by atoms with E-state index in [2.05, 4.69) is 144 Å². The zero-order chi connectivity index (χ0) is 33.2. The number of rotatable bonds is 7. The van der Waals surface area contributed by atoms with Crippen LogP contribution >= 0.6 is 0 Å². The zero-order valence-electron chi connectivity index (χ0n) is 26.9. The fourth-order valence-electron chi connectivity index (χ4n) is 6.64. The van der Waals surface area contributed by atoms with Gasteiger partial charge in [-0.05, 0) is 90.0 Å². The maximum Gasteiger partial charge on any atom is 0.132 e. The Morgan fingerprint density at radius 1 is 0.408 bits per heavy atom. The maximum atomic E-state index is 6.45. The molecule has 3 heteroatoms. The molecule has 0 amide bonds. The third kappa shape index (κ3) is 5.90. The van der Waals surface area contributed by atoms with Gasteiger partial charge < -0.3 is 5.73 Å². The number of nitrogens with two attached hydrogens (primary N) is 1. The molecule has 0 aliphatic rings. The van der Waals surface area contributed by atoms with Gasteiger partial charge in [0.15, 0.2) is 0 Å². The van der Waals surface area contributed by atoms with E-state index < -0.39 is 0 Å². The Hall–Kier alpha value is -6.58. The summed E-state index contributed by atoms with van der Waals surface area (Å²) in [6.45, 7) is 4.15. The lowest BCUT2D eigenvalue weighted by Crippen LogP contribution is -2.13. The molecule has 8 rings (SSSR count). The second kappa shape index (κ2) is 12.9. The van der Waals surface area contributed by atoms with Gasteiger partial charge in [-0.15, -0.1) is 0 Å². The Morgan fingerprint density at radius 2 is 0.857 bits per heavy atom. The topological polar surface area (TPSA) is 50.7 Å². The molecule has 232 valence electrons. The number of fused-ring (bicyclic) bond motifs is 6. The standard InChI is InChI=1S/C46H33N3/c1-31(33-14-9-15-34(26-33)32-12-3-2-4-13-32)48-30-49-46(47)39-19-11-18-37(28-39)35-16-10-17-36(27-35)38-24-25-44-42-22-6-5-20-40(42)41-21-7-8-23-43(41)45(44)29-38/h2-30H,1H2,(H2,47,48,49). The Morgan fingerprint density at radius 3 is 1.51 bits per heavy atom. The van der Waals surface area contributed by atoms with E-state index in [9.17, 15) is 0 Å². The van der Waals surface area contributed by atoms with Gasteiger partial charge >= 0.3 is 0 Å². The van der Waals surface area contributed by atoms with Gasteiger partial charge in [0.2, 0.25) is 0 Å². The summed E-state index contributed by atoms with van der Waals surface area (Å²) in [7, 11) is 0. The third-order valence-electron chi connectivity index (χ3n) is 9.15. The van der Waals surface area contributed by atoms with Crippen LogP contribution in [0.25, 0.3) is 71.4 Å². The molecule has 0 aliphatic heterocycles. The van der Waals surface area contributed by atoms with E-state index in [0.29, 0.717) is 11.5 Å². The van der Waals surface area contributed by atoms with E-state index in [1.807, 2.05) is 42.5 Å². The van der Waals surface area contributed by atoms with E-state index in [0.717, 1.165) is 38.9 Å². The molecule has 3 nitrogen and oxygen atoms in total. The van der Waals surface area contributed by atoms with Gasteiger partial charge in [0.25, 0.3) is 0 Å². The molecule has 0 radical (unpaired) electrons. The summed E-state index contributed by atoms with van der Waals surface area (Å²) in [5.74, 6) is 0.390. The highest BCUT2D eigenvalue weighted by Crippen LogP contribution is 2.37. The Kier molecular flexibility index (Phi) is 7.85. The van der Waals surface area contributed by atoms with Crippen LogP contribution in [0.1, 0.15) is 11.1 Å². The summed E-state index contributed by atoms with van der Waals surface area (Å²) in [6.07, 6.45) is 1.48. The van der Waals surface area contributed by atoms with Gasteiger partial charge in [0.1, 0.15) is 12.2 Å². The normalized spacial score (nSPS) is 11.9. The average molecular weight is 628 g/mol. The molecular formula is C46H33N3. The zero-order valence-corrected chi connectivity index (χ0v) is 26.9. The quantitative estimate of drug-likeness (QED) is 0.107.